The van der Waals surface area contributed by atoms with Crippen LogP contribution in [-0.2, 0) is 11.3 Å². The smallest absolute Gasteiger partial charge is 0.282 e. The first-order valence-electron chi connectivity index (χ1n) is 9.21. The average molecular weight is 379 g/mol. The van der Waals surface area contributed by atoms with Crippen LogP contribution in [0.2, 0.25) is 0 Å². The molecule has 0 saturated carbocycles. The number of ether oxygens (including phenoxy) is 1. The highest BCUT2D eigenvalue weighted by molar-refractivity contribution is 6.08. The molecule has 0 aliphatic carbocycles. The third-order valence-corrected chi connectivity index (χ3v) is 5.12. The lowest BCUT2D eigenvalue weighted by atomic mass is 10.1. The molecule has 0 spiro atoms. The summed E-state index contributed by atoms with van der Waals surface area (Å²) >= 11 is 0. The average Bonchev–Trinajstić information content (AvgIpc) is 3.33. The van der Waals surface area contributed by atoms with E-state index in [-0.39, 0.29) is 11.9 Å². The molecule has 0 aliphatic heterocycles. The highest BCUT2D eigenvalue weighted by Crippen LogP contribution is 2.36. The highest BCUT2D eigenvalue weighted by Gasteiger charge is 2.24. The number of hydrogen-bond donors (Lipinski definition) is 2. The second-order valence-electron chi connectivity index (χ2n) is 6.96. The van der Waals surface area contributed by atoms with Crippen LogP contribution in [-0.4, -0.2) is 26.1 Å². The first-order chi connectivity index (χ1) is 13.6. The molecule has 4 aromatic rings. The van der Waals surface area contributed by atoms with Gasteiger partial charge in [-0.25, -0.2) is 0 Å². The Balaban J connectivity index is 1.59. The van der Waals surface area contributed by atoms with Crippen LogP contribution in [0.5, 0.6) is 5.75 Å². The fourth-order valence-electron chi connectivity index (χ4n) is 3.32. The number of anilines is 1. The molecule has 28 heavy (non-hydrogen) atoms. The van der Waals surface area contributed by atoms with Gasteiger partial charge in [0.2, 0.25) is 0 Å². The Morgan fingerprint density at radius 3 is 2.71 bits per heavy atom. The lowest BCUT2D eigenvalue weighted by Gasteiger charge is -2.20. The van der Waals surface area contributed by atoms with Gasteiger partial charge in [0.15, 0.2) is 11.8 Å². The van der Waals surface area contributed by atoms with Gasteiger partial charge in [-0.2, -0.15) is 0 Å². The molecule has 1 amide bonds. The molecule has 0 bridgehead atoms. The van der Waals surface area contributed by atoms with Crippen molar-refractivity contribution in [2.45, 2.75) is 19.5 Å². The third kappa shape index (κ3) is 3.34. The Morgan fingerprint density at radius 2 is 1.96 bits per heavy atom. The quantitative estimate of drug-likeness (QED) is 0.540. The second-order valence-corrected chi connectivity index (χ2v) is 6.96. The maximum absolute atomic E-state index is 12.8. The molecule has 2 aromatic heterocycles. The molecule has 6 nitrogen and oxygen atoms in total. The summed E-state index contributed by atoms with van der Waals surface area (Å²) in [5.41, 5.74) is 2.11. The van der Waals surface area contributed by atoms with Crippen LogP contribution >= 0.6 is 0 Å². The van der Waals surface area contributed by atoms with Gasteiger partial charge < -0.3 is 23.8 Å². The Kier molecular flexibility index (Phi) is 4.79. The summed E-state index contributed by atoms with van der Waals surface area (Å²) in [5, 5.41) is 4.96. The van der Waals surface area contributed by atoms with E-state index in [4.69, 9.17) is 13.6 Å². The van der Waals surface area contributed by atoms with Crippen molar-refractivity contribution in [2.24, 2.45) is 0 Å². The van der Waals surface area contributed by atoms with Crippen LogP contribution in [0, 0.1) is 0 Å². The molecular weight excluding hydrogens is 356 g/mol. The summed E-state index contributed by atoms with van der Waals surface area (Å²) in [6.07, 6.45) is 1.64. The number of carbonyl (C=O) groups is 1. The van der Waals surface area contributed by atoms with Crippen molar-refractivity contribution < 1.29 is 23.3 Å². The van der Waals surface area contributed by atoms with Crippen molar-refractivity contribution in [2.75, 3.05) is 19.5 Å². The van der Waals surface area contributed by atoms with E-state index in [0.717, 1.165) is 27.0 Å². The Morgan fingerprint density at radius 1 is 1.14 bits per heavy atom. The number of fused-ring (bicyclic) bond motifs is 3. The van der Waals surface area contributed by atoms with Gasteiger partial charge in [0.1, 0.15) is 23.5 Å². The fourth-order valence-corrected chi connectivity index (χ4v) is 3.32. The van der Waals surface area contributed by atoms with E-state index in [1.54, 1.807) is 13.4 Å². The lowest BCUT2D eigenvalue weighted by molar-refractivity contribution is -0.908. The van der Waals surface area contributed by atoms with Gasteiger partial charge in [-0.3, -0.25) is 4.79 Å². The summed E-state index contributed by atoms with van der Waals surface area (Å²) < 4.78 is 16.8. The third-order valence-electron chi connectivity index (χ3n) is 5.12. The van der Waals surface area contributed by atoms with Crippen LogP contribution < -0.4 is 15.0 Å². The van der Waals surface area contributed by atoms with Crippen molar-refractivity contribution in [3.63, 3.8) is 0 Å². The van der Waals surface area contributed by atoms with Crippen LogP contribution in [0.1, 0.15) is 12.7 Å². The minimum absolute atomic E-state index is 0.0992. The van der Waals surface area contributed by atoms with Gasteiger partial charge in [-0.05, 0) is 31.2 Å². The van der Waals surface area contributed by atoms with Crippen LogP contribution in [0.4, 0.5) is 5.69 Å². The molecule has 4 rings (SSSR count). The molecule has 0 radical (unpaired) electrons. The van der Waals surface area contributed by atoms with E-state index in [1.807, 2.05) is 62.5 Å². The SMILES string of the molecule is COc1cc2c(cc1NC(=O)[C@@H](C)[NH+](C)Cc1ccco1)oc1ccccc12. The Bertz CT molecular complexity index is 1110. The van der Waals surface area contributed by atoms with E-state index in [2.05, 4.69) is 5.32 Å². The summed E-state index contributed by atoms with van der Waals surface area (Å²) in [6, 6.07) is 15.0. The molecule has 2 atom stereocenters. The van der Waals surface area contributed by atoms with E-state index in [9.17, 15) is 4.79 Å². The van der Waals surface area contributed by atoms with Crippen LogP contribution in [0.3, 0.4) is 0 Å². The number of furan rings is 2. The number of rotatable bonds is 6. The molecule has 0 saturated heterocycles. The predicted octanol–water partition coefficient (Wildman–Crippen LogP) is 3.23. The standard InChI is InChI=1S/C22H22N2O4/c1-14(24(2)13-15-7-6-10-27-15)22(25)23-18-12-20-17(11-21(18)26-3)16-8-4-5-9-19(16)28-20/h4-12,14H,13H2,1-3H3,(H,23,25)/p+1/t14-/m1/s1. The molecule has 144 valence electrons. The van der Waals surface area contributed by atoms with Crippen molar-refractivity contribution in [3.8, 4) is 5.75 Å². The fraction of sp³-hybridized carbons (Fsp3) is 0.227. The Hall–Kier alpha value is -3.25. The number of benzene rings is 2. The highest BCUT2D eigenvalue weighted by atomic mass is 16.5. The first-order valence-corrected chi connectivity index (χ1v) is 9.21. The predicted molar refractivity (Wildman–Crippen MR) is 108 cm³/mol. The summed E-state index contributed by atoms with van der Waals surface area (Å²) in [7, 11) is 3.56. The molecule has 1 unspecified atom stereocenters. The maximum atomic E-state index is 12.8. The van der Waals surface area contributed by atoms with Crippen molar-refractivity contribution in [1.29, 1.82) is 0 Å². The van der Waals surface area contributed by atoms with Gasteiger partial charge in [0.05, 0.1) is 26.1 Å². The van der Waals surface area contributed by atoms with Gasteiger partial charge >= 0.3 is 0 Å². The number of carbonyl (C=O) groups excluding carboxylic acids is 1. The molecular formula is C22H23N2O4+. The monoisotopic (exact) mass is 379 g/mol. The van der Waals surface area contributed by atoms with Crippen LogP contribution in [0.25, 0.3) is 21.9 Å². The van der Waals surface area contributed by atoms with E-state index in [1.165, 1.54) is 0 Å². The lowest BCUT2D eigenvalue weighted by Crippen LogP contribution is -3.12. The molecule has 0 fully saturated rings. The van der Waals surface area contributed by atoms with Gasteiger partial charge in [-0.15, -0.1) is 0 Å². The molecule has 2 aromatic carbocycles. The maximum Gasteiger partial charge on any atom is 0.282 e. The topological polar surface area (TPSA) is 69.0 Å². The number of para-hydroxylation sites is 1. The van der Waals surface area contributed by atoms with Crippen molar-refractivity contribution in [1.82, 2.24) is 0 Å². The second kappa shape index (κ2) is 7.40. The zero-order valence-electron chi connectivity index (χ0n) is 16.1. The number of hydrogen-bond acceptors (Lipinski definition) is 4. The molecule has 0 aliphatic rings. The molecule has 6 heteroatoms. The van der Waals surface area contributed by atoms with Crippen molar-refractivity contribution in [3.05, 3.63) is 60.6 Å². The largest absolute Gasteiger partial charge is 0.495 e. The zero-order chi connectivity index (χ0) is 19.7. The summed E-state index contributed by atoms with van der Waals surface area (Å²) in [5.74, 6) is 1.35. The summed E-state index contributed by atoms with van der Waals surface area (Å²) in [6.45, 7) is 2.52. The molecule has 2 N–H and O–H groups in total. The van der Waals surface area contributed by atoms with Gasteiger partial charge in [0, 0.05) is 16.8 Å². The van der Waals surface area contributed by atoms with E-state index < -0.39 is 0 Å². The Labute approximate surface area is 162 Å². The van der Waals surface area contributed by atoms with Gasteiger partial charge in [0.25, 0.3) is 5.91 Å². The number of likely N-dealkylation sites (N-methyl/N-ethyl adjacent to an activating group) is 1. The van der Waals surface area contributed by atoms with E-state index in [0.29, 0.717) is 23.6 Å². The van der Waals surface area contributed by atoms with Gasteiger partial charge in [-0.1, -0.05) is 18.2 Å². The summed E-state index contributed by atoms with van der Waals surface area (Å²) in [4.78, 5) is 13.8. The normalized spacial score (nSPS) is 13.5. The minimum Gasteiger partial charge on any atom is -0.495 e. The number of amides is 1. The van der Waals surface area contributed by atoms with Crippen LogP contribution in [0.15, 0.2) is 63.6 Å². The molecule has 2 heterocycles. The van der Waals surface area contributed by atoms with E-state index >= 15 is 0 Å². The number of nitrogens with one attached hydrogen (secondary N) is 2. The number of quaternary nitrogens is 1. The first kappa shape index (κ1) is 18.1. The number of methoxy groups -OCH3 is 1. The minimum atomic E-state index is -0.277. The zero-order valence-corrected chi connectivity index (χ0v) is 16.1. The van der Waals surface area contributed by atoms with Crippen molar-refractivity contribution >= 4 is 33.5 Å².